The SMILES string of the molecule is COC1CCCCc2cccc(c2)[C@H]2CCCCN2C(=O)C2CCCN(N2)C(=O)C(C)NC(=O)C(C(C)C)NC(=O)C1C. The number of hydrogen-bond acceptors (Lipinski definition) is 6. The van der Waals surface area contributed by atoms with Crippen molar-refractivity contribution >= 4 is 23.6 Å². The first kappa shape index (κ1) is 32.9. The Bertz CT molecular complexity index is 1140. The normalized spacial score (nSPS) is 30.6. The third-order valence-electron chi connectivity index (χ3n) is 9.33. The van der Waals surface area contributed by atoms with Crippen LogP contribution in [0.1, 0.15) is 96.2 Å². The number of ether oxygens (including phenoxy) is 1. The summed E-state index contributed by atoms with van der Waals surface area (Å²) in [6.07, 6.45) is 7.49. The van der Waals surface area contributed by atoms with Crippen molar-refractivity contribution in [2.45, 2.75) is 116 Å². The second-order valence-corrected chi connectivity index (χ2v) is 12.9. The van der Waals surface area contributed by atoms with Gasteiger partial charge in [0.1, 0.15) is 18.1 Å². The molecule has 2 fully saturated rings. The zero-order valence-electron chi connectivity index (χ0n) is 26.6. The molecule has 1 aromatic rings. The van der Waals surface area contributed by atoms with Gasteiger partial charge in [0, 0.05) is 20.2 Å². The summed E-state index contributed by atoms with van der Waals surface area (Å²) in [6.45, 7) is 8.36. The molecule has 0 aliphatic carbocycles. The van der Waals surface area contributed by atoms with Crippen LogP contribution >= 0.6 is 0 Å². The number of hydrogen-bond donors (Lipinski definition) is 3. The first-order valence-electron chi connectivity index (χ1n) is 16.2. The smallest absolute Gasteiger partial charge is 0.258 e. The molecule has 2 saturated heterocycles. The summed E-state index contributed by atoms with van der Waals surface area (Å²) >= 11 is 0. The van der Waals surface area contributed by atoms with Gasteiger partial charge >= 0.3 is 0 Å². The molecule has 0 radical (unpaired) electrons. The molecular weight excluding hydrogens is 546 g/mol. The summed E-state index contributed by atoms with van der Waals surface area (Å²) in [7, 11) is 1.62. The van der Waals surface area contributed by atoms with Crippen LogP contribution < -0.4 is 16.1 Å². The van der Waals surface area contributed by atoms with Crippen LogP contribution in [0.4, 0.5) is 0 Å². The fourth-order valence-electron chi connectivity index (χ4n) is 6.65. The summed E-state index contributed by atoms with van der Waals surface area (Å²) in [4.78, 5) is 55.9. The zero-order valence-corrected chi connectivity index (χ0v) is 26.6. The van der Waals surface area contributed by atoms with E-state index in [1.54, 1.807) is 14.0 Å². The second-order valence-electron chi connectivity index (χ2n) is 12.9. The second kappa shape index (κ2) is 15.1. The summed E-state index contributed by atoms with van der Waals surface area (Å²) < 4.78 is 5.72. The number of fused-ring (bicyclic) bond motifs is 6. The van der Waals surface area contributed by atoms with Crippen LogP contribution in [-0.2, 0) is 30.3 Å². The summed E-state index contributed by atoms with van der Waals surface area (Å²) in [5.41, 5.74) is 5.59. The van der Waals surface area contributed by atoms with Gasteiger partial charge in [-0.25, -0.2) is 5.43 Å². The van der Waals surface area contributed by atoms with Crippen LogP contribution in [0.2, 0.25) is 0 Å². The number of amides is 4. The lowest BCUT2D eigenvalue weighted by molar-refractivity contribution is -0.147. The highest BCUT2D eigenvalue weighted by atomic mass is 16.5. The zero-order chi connectivity index (χ0) is 31.1. The number of nitrogens with one attached hydrogen (secondary N) is 3. The Balaban J connectivity index is 1.60. The van der Waals surface area contributed by atoms with Crippen molar-refractivity contribution < 1.29 is 23.9 Å². The van der Waals surface area contributed by atoms with Gasteiger partial charge in [-0.3, -0.25) is 24.2 Å². The number of hydrazine groups is 1. The third kappa shape index (κ3) is 8.15. The van der Waals surface area contributed by atoms with Crippen LogP contribution in [-0.4, -0.2) is 78.0 Å². The highest BCUT2D eigenvalue weighted by molar-refractivity contribution is 5.92. The Morgan fingerprint density at radius 3 is 2.37 bits per heavy atom. The Kier molecular flexibility index (Phi) is 11.6. The largest absolute Gasteiger partial charge is 0.381 e. The van der Waals surface area contributed by atoms with E-state index in [4.69, 9.17) is 4.74 Å². The Labute approximate surface area is 256 Å². The Hall–Kier alpha value is -2.98. The van der Waals surface area contributed by atoms with Gasteiger partial charge in [-0.05, 0) is 75.3 Å². The lowest BCUT2D eigenvalue weighted by Gasteiger charge is -2.41. The van der Waals surface area contributed by atoms with E-state index in [-0.39, 0.29) is 35.8 Å². The van der Waals surface area contributed by atoms with Crippen LogP contribution in [0.3, 0.4) is 0 Å². The highest BCUT2D eigenvalue weighted by Gasteiger charge is 2.37. The van der Waals surface area contributed by atoms with E-state index in [0.29, 0.717) is 25.9 Å². The molecule has 3 N–H and O–H groups in total. The van der Waals surface area contributed by atoms with Crippen molar-refractivity contribution in [2.24, 2.45) is 11.8 Å². The minimum atomic E-state index is -0.834. The van der Waals surface area contributed by atoms with Gasteiger partial charge in [-0.15, -0.1) is 0 Å². The number of carbonyl (C=O) groups excluding carboxylic acids is 4. The number of rotatable bonds is 2. The Morgan fingerprint density at radius 1 is 0.860 bits per heavy atom. The van der Waals surface area contributed by atoms with E-state index in [1.165, 1.54) is 10.6 Å². The van der Waals surface area contributed by atoms with Crippen LogP contribution in [0.25, 0.3) is 0 Å². The molecule has 10 heteroatoms. The van der Waals surface area contributed by atoms with E-state index in [2.05, 4.69) is 40.3 Å². The topological polar surface area (TPSA) is 120 Å². The predicted octanol–water partition coefficient (Wildman–Crippen LogP) is 3.26. The minimum Gasteiger partial charge on any atom is -0.381 e. The van der Waals surface area contributed by atoms with Crippen molar-refractivity contribution in [3.05, 3.63) is 35.4 Å². The first-order chi connectivity index (χ1) is 20.6. The Morgan fingerprint density at radius 2 is 1.63 bits per heavy atom. The molecule has 4 rings (SSSR count). The maximum Gasteiger partial charge on any atom is 0.258 e. The molecule has 5 unspecified atom stereocenters. The van der Waals surface area contributed by atoms with Gasteiger partial charge in [0.15, 0.2) is 0 Å². The average molecular weight is 598 g/mol. The van der Waals surface area contributed by atoms with Gasteiger partial charge in [0.2, 0.25) is 17.7 Å². The van der Waals surface area contributed by atoms with Crippen molar-refractivity contribution in [3.63, 3.8) is 0 Å². The molecule has 4 amide bonds. The van der Waals surface area contributed by atoms with E-state index >= 15 is 0 Å². The molecule has 6 atom stereocenters. The maximum atomic E-state index is 13.9. The van der Waals surface area contributed by atoms with E-state index in [1.807, 2.05) is 25.7 Å². The fraction of sp³-hybridized carbons (Fsp3) is 0.697. The number of benzene rings is 1. The molecule has 43 heavy (non-hydrogen) atoms. The molecule has 3 aliphatic heterocycles. The quantitative estimate of drug-likeness (QED) is 0.482. The van der Waals surface area contributed by atoms with Crippen LogP contribution in [0, 0.1) is 11.8 Å². The van der Waals surface area contributed by atoms with Crippen LogP contribution in [0.15, 0.2) is 24.3 Å². The molecule has 4 bridgehead atoms. The summed E-state index contributed by atoms with van der Waals surface area (Å²) in [5, 5.41) is 7.21. The average Bonchev–Trinajstić information content (AvgIpc) is 3.02. The van der Waals surface area contributed by atoms with Crippen molar-refractivity contribution in [1.82, 2.24) is 26.0 Å². The van der Waals surface area contributed by atoms with E-state index < -0.39 is 30.0 Å². The summed E-state index contributed by atoms with van der Waals surface area (Å²) in [6, 6.07) is 6.48. The van der Waals surface area contributed by atoms with Gasteiger partial charge in [-0.2, -0.15) is 0 Å². The minimum absolute atomic E-state index is 0.00958. The monoisotopic (exact) mass is 597 g/mol. The first-order valence-corrected chi connectivity index (χ1v) is 16.2. The molecule has 10 nitrogen and oxygen atoms in total. The van der Waals surface area contributed by atoms with E-state index in [9.17, 15) is 19.2 Å². The van der Waals surface area contributed by atoms with Gasteiger partial charge < -0.3 is 20.3 Å². The molecule has 238 valence electrons. The van der Waals surface area contributed by atoms with Crippen molar-refractivity contribution in [1.29, 1.82) is 0 Å². The number of methoxy groups -OCH3 is 1. The number of carbonyl (C=O) groups is 4. The lowest BCUT2D eigenvalue weighted by Crippen LogP contribution is -2.62. The third-order valence-corrected chi connectivity index (χ3v) is 9.33. The fourth-order valence-corrected chi connectivity index (χ4v) is 6.65. The van der Waals surface area contributed by atoms with Gasteiger partial charge in [-0.1, -0.05) is 51.5 Å². The predicted molar refractivity (Wildman–Crippen MR) is 165 cm³/mol. The lowest BCUT2D eigenvalue weighted by atomic mass is 9.91. The molecular formula is C33H51N5O5. The molecule has 0 aromatic heterocycles. The maximum absolute atomic E-state index is 13.9. The molecule has 0 saturated carbocycles. The van der Waals surface area contributed by atoms with Crippen molar-refractivity contribution in [3.8, 4) is 0 Å². The molecule has 3 aliphatic rings. The number of nitrogens with zero attached hydrogens (tertiary/aromatic N) is 2. The summed E-state index contributed by atoms with van der Waals surface area (Å²) in [5.74, 6) is -1.57. The highest BCUT2D eigenvalue weighted by Crippen LogP contribution is 2.33. The number of aryl methyl sites for hydroxylation is 1. The molecule has 3 heterocycles. The van der Waals surface area contributed by atoms with Crippen molar-refractivity contribution in [2.75, 3.05) is 20.2 Å². The standard InChI is InChI=1S/C33H51N5O5/c1-21(2)29-31(40)34-23(4)32(41)38-19-11-15-26(36-38)33(42)37-18-9-8-16-27(37)25-14-10-13-24(20-25)12-6-7-17-28(43-5)22(3)30(39)35-29/h10,13-14,20-23,26-29,36H,6-9,11-12,15-19H2,1-5H3,(H,34,40)(H,35,39)/t22?,23?,26?,27-,28?,29?/m1/s1. The number of piperidine rings is 1. The van der Waals surface area contributed by atoms with E-state index in [0.717, 1.165) is 50.5 Å². The molecule has 1 aromatic carbocycles. The van der Waals surface area contributed by atoms with Crippen LogP contribution in [0.5, 0.6) is 0 Å². The molecule has 0 spiro atoms. The van der Waals surface area contributed by atoms with Gasteiger partial charge in [0.25, 0.3) is 5.91 Å². The van der Waals surface area contributed by atoms with Gasteiger partial charge in [0.05, 0.1) is 18.1 Å².